The Labute approximate surface area is 179 Å². The van der Waals surface area contributed by atoms with Gasteiger partial charge in [-0.2, -0.15) is 5.10 Å². The summed E-state index contributed by atoms with van der Waals surface area (Å²) in [4.78, 5) is 18.7. The maximum absolute atomic E-state index is 12.4. The minimum atomic E-state index is -0.467. The zero-order valence-corrected chi connectivity index (χ0v) is 18.5. The van der Waals surface area contributed by atoms with Gasteiger partial charge in [-0.05, 0) is 60.7 Å². The highest BCUT2D eigenvalue weighted by Crippen LogP contribution is 2.30. The number of carbonyl (C=O) groups is 1. The van der Waals surface area contributed by atoms with Crippen LogP contribution in [0.2, 0.25) is 0 Å². The molecule has 0 bridgehead atoms. The van der Waals surface area contributed by atoms with Crippen molar-refractivity contribution in [3.63, 3.8) is 0 Å². The van der Waals surface area contributed by atoms with Crippen LogP contribution in [0.15, 0.2) is 47.3 Å². The molecule has 0 N–H and O–H groups in total. The number of fused-ring (bicyclic) bond motifs is 1. The van der Waals surface area contributed by atoms with Gasteiger partial charge in [0, 0.05) is 37.0 Å². The second-order valence-corrected chi connectivity index (χ2v) is 9.35. The number of likely N-dealkylation sites (tertiary alicyclic amines) is 1. The molecule has 1 saturated heterocycles. The fourth-order valence-corrected chi connectivity index (χ4v) is 4.06. The van der Waals surface area contributed by atoms with Crippen LogP contribution < -0.4 is 0 Å². The average Bonchev–Trinajstić information content (AvgIpc) is 3.07. The van der Waals surface area contributed by atoms with Gasteiger partial charge in [0.25, 0.3) is 0 Å². The van der Waals surface area contributed by atoms with Gasteiger partial charge >= 0.3 is 6.09 Å². The zero-order chi connectivity index (χ0) is 20.6. The van der Waals surface area contributed by atoms with Crippen LogP contribution in [0.5, 0.6) is 0 Å². The van der Waals surface area contributed by atoms with Crippen LogP contribution in [0.1, 0.15) is 45.1 Å². The van der Waals surface area contributed by atoms with Crippen molar-refractivity contribution in [2.45, 2.75) is 45.1 Å². The lowest BCUT2D eigenvalue weighted by Crippen LogP contribution is -2.42. The molecule has 7 heteroatoms. The molecule has 6 nitrogen and oxygen atoms in total. The van der Waals surface area contributed by atoms with Gasteiger partial charge in [-0.15, -0.1) is 0 Å². The minimum Gasteiger partial charge on any atom is -0.444 e. The van der Waals surface area contributed by atoms with Gasteiger partial charge < -0.3 is 9.64 Å². The lowest BCUT2D eigenvalue weighted by Gasteiger charge is -2.34. The van der Waals surface area contributed by atoms with E-state index in [9.17, 15) is 4.79 Å². The Morgan fingerprint density at radius 2 is 1.93 bits per heavy atom. The number of benzene rings is 1. The molecule has 0 spiro atoms. The van der Waals surface area contributed by atoms with Gasteiger partial charge in [-0.25, -0.2) is 14.3 Å². The summed E-state index contributed by atoms with van der Waals surface area (Å²) in [5, 5.41) is 4.30. The third-order valence-electron chi connectivity index (χ3n) is 5.10. The van der Waals surface area contributed by atoms with Crippen LogP contribution in [-0.2, 0) is 4.74 Å². The number of hydrogen-bond donors (Lipinski definition) is 0. The molecule has 1 aliphatic heterocycles. The van der Waals surface area contributed by atoms with Crippen LogP contribution >= 0.6 is 15.9 Å². The monoisotopic (exact) mass is 456 g/mol. The summed E-state index contributed by atoms with van der Waals surface area (Å²) in [6.07, 6.45) is 7.43. The van der Waals surface area contributed by atoms with Crippen molar-refractivity contribution in [1.82, 2.24) is 19.5 Å². The Balaban J connectivity index is 1.48. The Hall–Kier alpha value is -2.41. The number of hydrogen-bond acceptors (Lipinski definition) is 4. The van der Waals surface area contributed by atoms with Gasteiger partial charge in [0.05, 0.1) is 10.7 Å². The van der Waals surface area contributed by atoms with E-state index in [1.165, 1.54) is 5.56 Å². The van der Waals surface area contributed by atoms with E-state index in [1.807, 2.05) is 38.1 Å². The topological polar surface area (TPSA) is 59.7 Å². The first kappa shape index (κ1) is 19.9. The number of amides is 1. The van der Waals surface area contributed by atoms with Crippen molar-refractivity contribution in [3.05, 3.63) is 52.9 Å². The summed E-state index contributed by atoms with van der Waals surface area (Å²) < 4.78 is 8.20. The van der Waals surface area contributed by atoms with Crippen molar-refractivity contribution in [1.29, 1.82) is 0 Å². The molecule has 3 heterocycles. The first-order valence-corrected chi connectivity index (χ1v) is 10.7. The van der Waals surface area contributed by atoms with Crippen molar-refractivity contribution in [2.75, 3.05) is 13.1 Å². The molecule has 1 atom stereocenters. The molecule has 1 aliphatic rings. The number of nitrogens with zero attached hydrogens (tertiary/aromatic N) is 4. The second-order valence-electron chi connectivity index (χ2n) is 8.49. The molecule has 0 saturated carbocycles. The third kappa shape index (κ3) is 4.45. The van der Waals surface area contributed by atoms with Crippen LogP contribution in [0, 0.1) is 0 Å². The predicted molar refractivity (Wildman–Crippen MR) is 116 cm³/mol. The molecule has 0 aliphatic carbocycles. The smallest absolute Gasteiger partial charge is 0.410 e. The first-order valence-electron chi connectivity index (χ1n) is 9.87. The Bertz CT molecular complexity index is 1020. The second kappa shape index (κ2) is 7.78. The van der Waals surface area contributed by atoms with Gasteiger partial charge in [-0.1, -0.05) is 24.3 Å². The number of piperidine rings is 1. The highest BCUT2D eigenvalue weighted by molar-refractivity contribution is 9.10. The van der Waals surface area contributed by atoms with E-state index in [-0.39, 0.29) is 6.09 Å². The number of halogens is 1. The normalized spacial score (nSPS) is 17.5. The number of rotatable bonds is 2. The highest BCUT2D eigenvalue weighted by Gasteiger charge is 2.28. The molecule has 1 aromatic carbocycles. The van der Waals surface area contributed by atoms with E-state index >= 15 is 0 Å². The number of aromatic nitrogens is 3. The first-order chi connectivity index (χ1) is 13.8. The van der Waals surface area contributed by atoms with Gasteiger partial charge in [0.2, 0.25) is 0 Å². The molecule has 152 valence electrons. The lowest BCUT2D eigenvalue weighted by molar-refractivity contribution is 0.0198. The summed E-state index contributed by atoms with van der Waals surface area (Å²) in [6, 6.07) is 8.54. The molecule has 4 rings (SSSR count). The Kier molecular flexibility index (Phi) is 5.34. The van der Waals surface area contributed by atoms with Crippen LogP contribution in [-0.4, -0.2) is 44.3 Å². The average molecular weight is 457 g/mol. The van der Waals surface area contributed by atoms with Crippen LogP contribution in [0.4, 0.5) is 4.79 Å². The maximum atomic E-state index is 12.4. The summed E-state index contributed by atoms with van der Waals surface area (Å²) in [5.74, 6) is 0.327. The fourth-order valence-electron chi connectivity index (χ4n) is 3.68. The quantitative estimate of drug-likeness (QED) is 0.526. The number of carbonyl (C=O) groups excluding carboxylic acids is 1. The molecule has 1 unspecified atom stereocenters. The predicted octanol–water partition coefficient (Wildman–Crippen LogP) is 5.27. The fraction of sp³-hybridized carbons (Fsp3) is 0.409. The van der Waals surface area contributed by atoms with E-state index in [2.05, 4.69) is 50.3 Å². The van der Waals surface area contributed by atoms with E-state index in [0.29, 0.717) is 12.5 Å². The van der Waals surface area contributed by atoms with Crippen molar-refractivity contribution < 1.29 is 9.53 Å². The SMILES string of the molecule is CC(C)(C)OC(=O)N1CCCC(c2ccc(-c3cnc4c(Br)cnn4c3)cc2)C1. The van der Waals surface area contributed by atoms with Crippen LogP contribution in [0.25, 0.3) is 16.8 Å². The third-order valence-corrected chi connectivity index (χ3v) is 5.66. The molecule has 2 aromatic heterocycles. The van der Waals surface area contributed by atoms with Gasteiger partial charge in [-0.3, -0.25) is 0 Å². The molecular weight excluding hydrogens is 432 g/mol. The van der Waals surface area contributed by atoms with E-state index < -0.39 is 5.60 Å². The van der Waals surface area contributed by atoms with E-state index in [4.69, 9.17) is 4.74 Å². The van der Waals surface area contributed by atoms with Crippen LogP contribution in [0.3, 0.4) is 0 Å². The molecule has 1 amide bonds. The molecule has 3 aromatic rings. The minimum absolute atomic E-state index is 0.219. The summed E-state index contributed by atoms with van der Waals surface area (Å²) >= 11 is 3.45. The Morgan fingerprint density at radius 3 is 2.66 bits per heavy atom. The molecular formula is C22H25BrN4O2. The lowest BCUT2D eigenvalue weighted by atomic mass is 9.90. The Morgan fingerprint density at radius 1 is 1.17 bits per heavy atom. The molecule has 0 radical (unpaired) electrons. The van der Waals surface area contributed by atoms with Gasteiger partial charge in [0.1, 0.15) is 5.60 Å². The van der Waals surface area contributed by atoms with Crippen molar-refractivity contribution in [3.8, 4) is 11.1 Å². The summed E-state index contributed by atoms with van der Waals surface area (Å²) in [7, 11) is 0. The summed E-state index contributed by atoms with van der Waals surface area (Å²) in [6.45, 7) is 7.16. The van der Waals surface area contributed by atoms with E-state index in [1.54, 1.807) is 10.7 Å². The highest BCUT2D eigenvalue weighted by atomic mass is 79.9. The maximum Gasteiger partial charge on any atom is 0.410 e. The van der Waals surface area contributed by atoms with Crippen molar-refractivity contribution in [2.24, 2.45) is 0 Å². The molecule has 29 heavy (non-hydrogen) atoms. The van der Waals surface area contributed by atoms with Crippen molar-refractivity contribution >= 4 is 27.7 Å². The zero-order valence-electron chi connectivity index (χ0n) is 16.9. The largest absolute Gasteiger partial charge is 0.444 e. The van der Waals surface area contributed by atoms with Gasteiger partial charge in [0.15, 0.2) is 5.65 Å². The number of ether oxygens (including phenoxy) is 1. The van der Waals surface area contributed by atoms with E-state index in [0.717, 1.165) is 40.6 Å². The standard InChI is InChI=1S/C22H25BrN4O2/c1-22(2,3)29-21(28)26-10-4-5-17(13-26)15-6-8-16(9-7-15)18-11-24-20-19(23)12-25-27(20)14-18/h6-9,11-12,14,17H,4-5,10,13H2,1-3H3. The molecule has 1 fully saturated rings. The summed E-state index contributed by atoms with van der Waals surface area (Å²) in [5.41, 5.74) is 3.69.